The third-order valence-corrected chi connectivity index (χ3v) is 3.53. The van der Waals surface area contributed by atoms with Crippen molar-refractivity contribution in [2.45, 2.75) is 45.6 Å². The van der Waals surface area contributed by atoms with Crippen molar-refractivity contribution in [3.63, 3.8) is 0 Å². The molecule has 0 N–H and O–H groups in total. The van der Waals surface area contributed by atoms with Crippen LogP contribution in [0.1, 0.15) is 51.1 Å². The third kappa shape index (κ3) is 2.72. The van der Waals surface area contributed by atoms with E-state index in [1.54, 1.807) is 0 Å². The van der Waals surface area contributed by atoms with Gasteiger partial charge in [-0.15, -0.1) is 0 Å². The highest BCUT2D eigenvalue weighted by Crippen LogP contribution is 2.25. The first-order valence-electron chi connectivity index (χ1n) is 6.39. The van der Waals surface area contributed by atoms with E-state index in [1.165, 1.54) is 37.0 Å². The molecule has 1 aromatic rings. The van der Waals surface area contributed by atoms with Crippen LogP contribution in [-0.4, -0.2) is 5.71 Å². The molecule has 0 aliphatic heterocycles. The van der Waals surface area contributed by atoms with Crippen LogP contribution in [-0.2, 0) is 0 Å². The Morgan fingerprint density at radius 1 is 1.19 bits per heavy atom. The van der Waals surface area contributed by atoms with Crippen LogP contribution in [0.5, 0.6) is 0 Å². The smallest absolute Gasteiger partial charge is 0.0720 e. The molecule has 0 aromatic heterocycles. The lowest BCUT2D eigenvalue weighted by Gasteiger charge is -2.22. The number of rotatable bonds is 2. The molecule has 0 radical (unpaired) electrons. The Bertz CT molecular complexity index is 353. The molecule has 0 spiro atoms. The monoisotopic (exact) mass is 215 g/mol. The SMILES string of the molecule is CC1CCCCC1=N[C@@H](C)c1ccccc1. The fourth-order valence-electron chi connectivity index (χ4n) is 2.42. The number of nitrogens with zero attached hydrogens (tertiary/aromatic N) is 1. The maximum absolute atomic E-state index is 4.90. The van der Waals surface area contributed by atoms with Crippen molar-refractivity contribution in [2.24, 2.45) is 10.9 Å². The zero-order valence-corrected chi connectivity index (χ0v) is 10.3. The average molecular weight is 215 g/mol. The minimum absolute atomic E-state index is 0.316. The molecule has 1 aliphatic carbocycles. The van der Waals surface area contributed by atoms with Gasteiger partial charge in [0.05, 0.1) is 6.04 Å². The van der Waals surface area contributed by atoms with Gasteiger partial charge < -0.3 is 0 Å². The van der Waals surface area contributed by atoms with Crippen LogP contribution in [0.3, 0.4) is 0 Å². The summed E-state index contributed by atoms with van der Waals surface area (Å²) in [4.78, 5) is 4.90. The molecular weight excluding hydrogens is 194 g/mol. The van der Waals surface area contributed by atoms with Crippen molar-refractivity contribution in [3.8, 4) is 0 Å². The highest BCUT2D eigenvalue weighted by atomic mass is 14.8. The van der Waals surface area contributed by atoms with E-state index in [9.17, 15) is 0 Å². The van der Waals surface area contributed by atoms with Crippen molar-refractivity contribution in [1.29, 1.82) is 0 Å². The molecular formula is C15H21N. The first-order chi connectivity index (χ1) is 7.77. The van der Waals surface area contributed by atoms with Gasteiger partial charge in [-0.25, -0.2) is 0 Å². The zero-order valence-electron chi connectivity index (χ0n) is 10.3. The summed E-state index contributed by atoms with van der Waals surface area (Å²) in [5, 5.41) is 0. The Balaban J connectivity index is 2.10. The minimum atomic E-state index is 0.316. The molecule has 0 amide bonds. The summed E-state index contributed by atoms with van der Waals surface area (Å²) in [6.45, 7) is 4.51. The van der Waals surface area contributed by atoms with Crippen LogP contribution in [0, 0.1) is 5.92 Å². The minimum Gasteiger partial charge on any atom is -0.286 e. The van der Waals surface area contributed by atoms with Gasteiger partial charge in [0.2, 0.25) is 0 Å². The molecule has 1 aliphatic rings. The molecule has 0 heterocycles. The molecule has 1 nitrogen and oxygen atoms in total. The van der Waals surface area contributed by atoms with Crippen molar-refractivity contribution in [2.75, 3.05) is 0 Å². The predicted octanol–water partition coefficient (Wildman–Crippen LogP) is 4.40. The largest absolute Gasteiger partial charge is 0.286 e. The quantitative estimate of drug-likeness (QED) is 0.693. The van der Waals surface area contributed by atoms with Gasteiger partial charge in [0.25, 0.3) is 0 Å². The lowest BCUT2D eigenvalue weighted by Crippen LogP contribution is -2.17. The van der Waals surface area contributed by atoms with Crippen LogP contribution in [0.15, 0.2) is 35.3 Å². The van der Waals surface area contributed by atoms with Gasteiger partial charge in [-0.3, -0.25) is 4.99 Å². The van der Waals surface area contributed by atoms with E-state index in [4.69, 9.17) is 4.99 Å². The van der Waals surface area contributed by atoms with E-state index < -0.39 is 0 Å². The summed E-state index contributed by atoms with van der Waals surface area (Å²) < 4.78 is 0. The molecule has 2 rings (SSSR count). The van der Waals surface area contributed by atoms with Gasteiger partial charge in [0, 0.05) is 5.71 Å². The van der Waals surface area contributed by atoms with Crippen LogP contribution >= 0.6 is 0 Å². The van der Waals surface area contributed by atoms with Gasteiger partial charge in [0.15, 0.2) is 0 Å². The van der Waals surface area contributed by atoms with Crippen molar-refractivity contribution < 1.29 is 0 Å². The van der Waals surface area contributed by atoms with Gasteiger partial charge in [0.1, 0.15) is 0 Å². The Hall–Kier alpha value is -1.11. The van der Waals surface area contributed by atoms with Crippen LogP contribution in [0.2, 0.25) is 0 Å². The normalized spacial score (nSPS) is 25.6. The van der Waals surface area contributed by atoms with Crippen LogP contribution < -0.4 is 0 Å². The Morgan fingerprint density at radius 3 is 2.62 bits per heavy atom. The topological polar surface area (TPSA) is 12.4 Å². The fourth-order valence-corrected chi connectivity index (χ4v) is 2.42. The van der Waals surface area contributed by atoms with Crippen molar-refractivity contribution in [3.05, 3.63) is 35.9 Å². The third-order valence-electron chi connectivity index (χ3n) is 3.53. The lowest BCUT2D eigenvalue weighted by atomic mass is 9.88. The van der Waals surface area contributed by atoms with Crippen LogP contribution in [0.25, 0.3) is 0 Å². The highest BCUT2D eigenvalue weighted by Gasteiger charge is 2.16. The standard InChI is InChI=1S/C15H21N/c1-12-8-6-7-11-15(12)16-13(2)14-9-4-3-5-10-14/h3-5,9-10,12-13H,6-8,11H2,1-2H3/t12?,13-/m0/s1. The molecule has 1 heteroatoms. The lowest BCUT2D eigenvalue weighted by molar-refractivity contribution is 0.552. The second-order valence-corrected chi connectivity index (χ2v) is 4.85. The number of aliphatic imine (C=N–C) groups is 1. The summed E-state index contributed by atoms with van der Waals surface area (Å²) in [7, 11) is 0. The second kappa shape index (κ2) is 5.29. The molecule has 1 aromatic carbocycles. The van der Waals surface area contributed by atoms with E-state index in [0.717, 1.165) is 0 Å². The predicted molar refractivity (Wildman–Crippen MR) is 69.9 cm³/mol. The van der Waals surface area contributed by atoms with Crippen molar-refractivity contribution in [1.82, 2.24) is 0 Å². The van der Waals surface area contributed by atoms with Gasteiger partial charge in [-0.05, 0) is 37.7 Å². The molecule has 1 unspecified atom stereocenters. The molecule has 2 atom stereocenters. The van der Waals surface area contributed by atoms with E-state index in [0.29, 0.717) is 12.0 Å². The number of benzene rings is 1. The number of hydrogen-bond donors (Lipinski definition) is 0. The summed E-state index contributed by atoms with van der Waals surface area (Å²) >= 11 is 0. The second-order valence-electron chi connectivity index (χ2n) is 4.85. The van der Waals surface area contributed by atoms with E-state index in [-0.39, 0.29) is 0 Å². The average Bonchev–Trinajstić information content (AvgIpc) is 2.33. The molecule has 16 heavy (non-hydrogen) atoms. The molecule has 0 saturated heterocycles. The number of hydrogen-bond acceptors (Lipinski definition) is 1. The van der Waals surface area contributed by atoms with Crippen LogP contribution in [0.4, 0.5) is 0 Å². The van der Waals surface area contributed by atoms with Gasteiger partial charge >= 0.3 is 0 Å². The Morgan fingerprint density at radius 2 is 1.94 bits per heavy atom. The molecule has 86 valence electrons. The van der Waals surface area contributed by atoms with Gasteiger partial charge in [-0.2, -0.15) is 0 Å². The molecule has 1 fully saturated rings. The van der Waals surface area contributed by atoms with Crippen molar-refractivity contribution >= 4 is 5.71 Å². The highest BCUT2D eigenvalue weighted by molar-refractivity contribution is 5.87. The molecule has 1 saturated carbocycles. The first kappa shape index (κ1) is 11.4. The zero-order chi connectivity index (χ0) is 11.4. The van der Waals surface area contributed by atoms with E-state index in [2.05, 4.69) is 44.2 Å². The van der Waals surface area contributed by atoms with Gasteiger partial charge in [-0.1, -0.05) is 43.7 Å². The Kier molecular flexibility index (Phi) is 3.76. The summed E-state index contributed by atoms with van der Waals surface area (Å²) in [5.74, 6) is 0.694. The fraction of sp³-hybridized carbons (Fsp3) is 0.533. The maximum Gasteiger partial charge on any atom is 0.0720 e. The van der Waals surface area contributed by atoms with E-state index in [1.807, 2.05) is 0 Å². The summed E-state index contributed by atoms with van der Waals surface area (Å²) in [6, 6.07) is 10.9. The Labute approximate surface area is 98.6 Å². The molecule has 0 bridgehead atoms. The maximum atomic E-state index is 4.90. The van der Waals surface area contributed by atoms with E-state index >= 15 is 0 Å². The summed E-state index contributed by atoms with van der Waals surface area (Å²) in [6.07, 6.45) is 5.23. The summed E-state index contributed by atoms with van der Waals surface area (Å²) in [5.41, 5.74) is 2.76. The first-order valence-corrected chi connectivity index (χ1v) is 6.39.